The van der Waals surface area contributed by atoms with Crippen LogP contribution in [0.1, 0.15) is 4.88 Å². The molecular weight excluding hydrogens is 372 g/mol. The zero-order valence-corrected chi connectivity index (χ0v) is 15.1. The van der Waals surface area contributed by atoms with Crippen LogP contribution in [0.5, 0.6) is 5.75 Å². The Morgan fingerprint density at radius 1 is 0.893 bits per heavy atom. The first-order chi connectivity index (χ1) is 13.7. The van der Waals surface area contributed by atoms with Gasteiger partial charge in [0, 0.05) is 16.2 Å². The van der Waals surface area contributed by atoms with Crippen molar-refractivity contribution >= 4 is 55.6 Å². The van der Waals surface area contributed by atoms with Crippen LogP contribution in [0.15, 0.2) is 64.8 Å². The molecule has 2 heterocycles. The largest absolute Gasteiger partial charge is 0.507 e. The number of hydrogen-bond donors (Lipinski definition) is 1. The number of hydrogen-bond acceptors (Lipinski definition) is 8. The maximum atomic E-state index is 10.0. The third kappa shape index (κ3) is 2.53. The van der Waals surface area contributed by atoms with Crippen molar-refractivity contribution in [1.82, 2.24) is 14.6 Å². The maximum absolute atomic E-state index is 10.0. The minimum atomic E-state index is 0.207. The zero-order chi connectivity index (χ0) is 19.1. The summed E-state index contributed by atoms with van der Waals surface area (Å²) in [6, 6.07) is 18.3. The van der Waals surface area contributed by atoms with Crippen molar-refractivity contribution in [1.29, 1.82) is 5.26 Å². The summed E-state index contributed by atoms with van der Waals surface area (Å²) < 4.78 is 4.34. The van der Waals surface area contributed by atoms with Crippen molar-refractivity contribution in [3.05, 3.63) is 59.5 Å². The monoisotopic (exact) mass is 382 g/mol. The van der Waals surface area contributed by atoms with Crippen LogP contribution in [-0.4, -0.2) is 19.7 Å². The summed E-state index contributed by atoms with van der Waals surface area (Å²) in [4.78, 5) is 0.437. The van der Waals surface area contributed by atoms with Gasteiger partial charge in [-0.05, 0) is 41.9 Å². The quantitative estimate of drug-likeness (QED) is 0.412. The van der Waals surface area contributed by atoms with Crippen LogP contribution in [0.4, 0.5) is 11.4 Å². The van der Waals surface area contributed by atoms with Crippen LogP contribution in [-0.2, 0) is 0 Å². The van der Waals surface area contributed by atoms with E-state index in [-0.39, 0.29) is 5.75 Å². The van der Waals surface area contributed by atoms with Crippen LogP contribution < -0.4 is 0 Å². The van der Waals surface area contributed by atoms with Crippen molar-refractivity contribution in [3.63, 3.8) is 0 Å². The molecule has 0 saturated heterocycles. The Morgan fingerprint density at radius 2 is 1.75 bits per heavy atom. The molecule has 0 spiro atoms. The number of nitriles is 1. The van der Waals surface area contributed by atoms with E-state index in [1.54, 1.807) is 24.3 Å². The summed E-state index contributed by atoms with van der Waals surface area (Å²) in [5.41, 5.74) is 3.10. The zero-order valence-electron chi connectivity index (χ0n) is 14.2. The molecule has 0 aliphatic heterocycles. The van der Waals surface area contributed by atoms with Crippen LogP contribution in [0, 0.1) is 11.3 Å². The molecule has 8 heteroatoms. The molecule has 3 aromatic carbocycles. The van der Waals surface area contributed by atoms with Gasteiger partial charge < -0.3 is 5.11 Å². The molecular formula is C20H10N6OS. The van der Waals surface area contributed by atoms with Gasteiger partial charge in [0.05, 0.1) is 16.9 Å². The Kier molecular flexibility index (Phi) is 3.67. The normalized spacial score (nSPS) is 11.5. The number of rotatable bonds is 2. The molecule has 0 aliphatic carbocycles. The van der Waals surface area contributed by atoms with Crippen LogP contribution in [0.2, 0.25) is 0 Å². The molecule has 0 unspecified atom stereocenters. The highest BCUT2D eigenvalue weighted by atomic mass is 32.1. The third-order valence-corrected chi connectivity index (χ3v) is 5.15. The van der Waals surface area contributed by atoms with E-state index >= 15 is 0 Å². The lowest BCUT2D eigenvalue weighted by Crippen LogP contribution is -1.86. The van der Waals surface area contributed by atoms with Gasteiger partial charge in [-0.3, -0.25) is 0 Å². The van der Waals surface area contributed by atoms with E-state index in [1.165, 1.54) is 0 Å². The second-order valence-corrected chi connectivity index (χ2v) is 6.84. The van der Waals surface area contributed by atoms with Crippen LogP contribution in [0.25, 0.3) is 32.7 Å². The molecule has 5 aromatic rings. The average Bonchev–Trinajstić information content (AvgIpc) is 3.17. The number of aromatic nitrogens is 3. The van der Waals surface area contributed by atoms with E-state index < -0.39 is 0 Å². The van der Waals surface area contributed by atoms with Crippen molar-refractivity contribution in [2.24, 2.45) is 10.2 Å². The summed E-state index contributed by atoms with van der Waals surface area (Å²) in [5.74, 6) is 0.207. The molecule has 0 atom stereocenters. The summed E-state index contributed by atoms with van der Waals surface area (Å²) in [6.45, 7) is 0. The SMILES string of the molecule is N#Cc1snc2c1nnc1ccc(/N=N/c3ccc(O)c4ccccc34)cc12. The molecule has 2 aromatic heterocycles. The van der Waals surface area contributed by atoms with Gasteiger partial charge in [-0.15, -0.1) is 15.3 Å². The van der Waals surface area contributed by atoms with Gasteiger partial charge in [0.2, 0.25) is 0 Å². The molecule has 132 valence electrons. The van der Waals surface area contributed by atoms with Gasteiger partial charge in [-0.1, -0.05) is 24.3 Å². The lowest BCUT2D eigenvalue weighted by molar-refractivity contribution is 0.481. The van der Waals surface area contributed by atoms with Crippen molar-refractivity contribution in [2.45, 2.75) is 0 Å². The molecule has 0 saturated carbocycles. The molecule has 7 nitrogen and oxygen atoms in total. The second kappa shape index (κ2) is 6.33. The highest BCUT2D eigenvalue weighted by molar-refractivity contribution is 7.07. The van der Waals surface area contributed by atoms with Gasteiger partial charge in [-0.25, -0.2) is 0 Å². The Morgan fingerprint density at radius 3 is 2.61 bits per heavy atom. The lowest BCUT2D eigenvalue weighted by atomic mass is 10.1. The summed E-state index contributed by atoms with van der Waals surface area (Å²) in [6.07, 6.45) is 0. The fourth-order valence-electron chi connectivity index (χ4n) is 3.06. The number of nitrogens with zero attached hydrogens (tertiary/aromatic N) is 6. The van der Waals surface area contributed by atoms with E-state index in [2.05, 4.69) is 30.9 Å². The van der Waals surface area contributed by atoms with Crippen molar-refractivity contribution in [2.75, 3.05) is 0 Å². The molecule has 1 N–H and O–H groups in total. The summed E-state index contributed by atoms with van der Waals surface area (Å²) in [7, 11) is 0. The van der Waals surface area contributed by atoms with E-state index in [9.17, 15) is 5.11 Å². The number of benzene rings is 3. The third-order valence-electron chi connectivity index (χ3n) is 4.41. The Labute approximate surface area is 162 Å². The van der Waals surface area contributed by atoms with Crippen molar-refractivity contribution in [3.8, 4) is 11.8 Å². The van der Waals surface area contributed by atoms with Crippen LogP contribution >= 0.6 is 11.5 Å². The molecule has 5 rings (SSSR count). The minimum Gasteiger partial charge on any atom is -0.507 e. The van der Waals surface area contributed by atoms with Gasteiger partial charge in [0.15, 0.2) is 4.88 Å². The molecule has 28 heavy (non-hydrogen) atoms. The van der Waals surface area contributed by atoms with Gasteiger partial charge in [-0.2, -0.15) is 14.7 Å². The average molecular weight is 382 g/mol. The standard InChI is InChI=1S/C20H10N6OS/c21-10-18-20-19(26-28-18)14-9-11(5-6-16(14)24-25-20)22-23-15-7-8-17(27)13-4-2-1-3-12(13)15/h1-9,27H/b23-22+. The Balaban J connectivity index is 1.62. The summed E-state index contributed by atoms with van der Waals surface area (Å²) in [5, 5.41) is 38.5. The van der Waals surface area contributed by atoms with Gasteiger partial charge in [0.1, 0.15) is 22.9 Å². The number of azo groups is 1. The summed E-state index contributed by atoms with van der Waals surface area (Å²) >= 11 is 1.11. The van der Waals surface area contributed by atoms with Crippen molar-refractivity contribution < 1.29 is 5.11 Å². The molecule has 0 aliphatic rings. The predicted octanol–water partition coefficient (Wildman–Crippen LogP) is 5.39. The molecule has 0 radical (unpaired) electrons. The first-order valence-corrected chi connectivity index (χ1v) is 9.10. The fraction of sp³-hybridized carbons (Fsp3) is 0. The number of aromatic hydroxyl groups is 1. The first-order valence-electron chi connectivity index (χ1n) is 8.33. The fourth-order valence-corrected chi connectivity index (χ4v) is 3.69. The molecule has 0 fully saturated rings. The van der Waals surface area contributed by atoms with Crippen LogP contribution in [0.3, 0.4) is 0 Å². The van der Waals surface area contributed by atoms with Gasteiger partial charge >= 0.3 is 0 Å². The number of phenolic OH excluding ortho intramolecular Hbond substituents is 1. The van der Waals surface area contributed by atoms with E-state index in [0.717, 1.165) is 27.7 Å². The number of fused-ring (bicyclic) bond motifs is 4. The van der Waals surface area contributed by atoms with Gasteiger partial charge in [0.25, 0.3) is 0 Å². The lowest BCUT2D eigenvalue weighted by Gasteiger charge is -2.03. The Hall–Kier alpha value is -3.96. The highest BCUT2D eigenvalue weighted by Gasteiger charge is 2.12. The molecule has 0 bridgehead atoms. The first kappa shape index (κ1) is 16.2. The molecule has 0 amide bonds. The van der Waals surface area contributed by atoms with E-state index in [4.69, 9.17) is 5.26 Å². The van der Waals surface area contributed by atoms with E-state index in [1.807, 2.05) is 30.3 Å². The number of phenols is 1. The van der Waals surface area contributed by atoms with E-state index in [0.29, 0.717) is 32.8 Å². The predicted molar refractivity (Wildman–Crippen MR) is 107 cm³/mol. The Bertz CT molecular complexity index is 1450. The highest BCUT2D eigenvalue weighted by Crippen LogP contribution is 2.34. The topological polar surface area (TPSA) is 107 Å². The smallest absolute Gasteiger partial charge is 0.153 e. The minimum absolute atomic E-state index is 0.207. The second-order valence-electron chi connectivity index (χ2n) is 6.07. The maximum Gasteiger partial charge on any atom is 0.153 e.